The Morgan fingerprint density at radius 3 is 2.23 bits per heavy atom. The molecule has 0 aromatic heterocycles. The zero-order valence-electron chi connectivity index (χ0n) is 20.5. The van der Waals surface area contributed by atoms with E-state index >= 15 is 0 Å². The Hall–Kier alpha value is -1.92. The van der Waals surface area contributed by atoms with Crippen LogP contribution in [0.1, 0.15) is 61.3 Å². The van der Waals surface area contributed by atoms with Gasteiger partial charge in [-0.05, 0) is 53.5 Å². The van der Waals surface area contributed by atoms with Crippen LogP contribution < -0.4 is 0 Å². The predicted octanol–water partition coefficient (Wildman–Crippen LogP) is 4.12. The third-order valence-corrected chi connectivity index (χ3v) is 5.58. The van der Waals surface area contributed by atoms with Crippen LogP contribution in [0.5, 0.6) is 0 Å². The van der Waals surface area contributed by atoms with Crippen LogP contribution in [0.2, 0.25) is 0 Å². The summed E-state index contributed by atoms with van der Waals surface area (Å²) in [6, 6.07) is -0.429. The zero-order valence-corrected chi connectivity index (χ0v) is 20.5. The quantitative estimate of drug-likeness (QED) is 0.362. The fourth-order valence-corrected chi connectivity index (χ4v) is 4.26. The van der Waals surface area contributed by atoms with E-state index in [1.165, 1.54) is 0 Å². The van der Waals surface area contributed by atoms with Gasteiger partial charge in [0.05, 0.1) is 24.9 Å². The molecule has 0 fully saturated rings. The van der Waals surface area contributed by atoms with Crippen molar-refractivity contribution in [3.63, 3.8) is 0 Å². The monoisotopic (exact) mass is 434 g/mol. The van der Waals surface area contributed by atoms with E-state index in [9.17, 15) is 9.59 Å². The molecule has 0 aromatic rings. The van der Waals surface area contributed by atoms with Crippen molar-refractivity contribution < 1.29 is 19.1 Å². The number of esters is 1. The number of hydrogen-bond acceptors (Lipinski definition) is 5. The summed E-state index contributed by atoms with van der Waals surface area (Å²) in [6.45, 7) is 22.9. The van der Waals surface area contributed by atoms with Crippen LogP contribution in [0, 0.1) is 0 Å². The van der Waals surface area contributed by atoms with Crippen molar-refractivity contribution in [3.05, 3.63) is 37.0 Å². The Morgan fingerprint density at radius 2 is 1.81 bits per heavy atom. The summed E-state index contributed by atoms with van der Waals surface area (Å²) in [5.41, 5.74) is 0.168. The molecule has 1 aliphatic carbocycles. The molecule has 6 nitrogen and oxygen atoms in total. The number of amides is 1. The van der Waals surface area contributed by atoms with E-state index in [1.807, 2.05) is 50.8 Å². The molecule has 1 unspecified atom stereocenters. The summed E-state index contributed by atoms with van der Waals surface area (Å²) < 4.78 is 11.7. The molecule has 176 valence electrons. The molecule has 0 saturated carbocycles. The van der Waals surface area contributed by atoms with Gasteiger partial charge in [0.15, 0.2) is 0 Å². The zero-order chi connectivity index (χ0) is 23.8. The number of nitrogens with zero attached hydrogens (tertiary/aromatic N) is 2. The third-order valence-electron chi connectivity index (χ3n) is 5.58. The Morgan fingerprint density at radius 1 is 1.23 bits per heavy atom. The smallest absolute Gasteiger partial charge is 0.333 e. The number of carbonyl (C=O) groups excluding carboxylic acids is 2. The molecule has 0 heterocycles. The van der Waals surface area contributed by atoms with E-state index in [4.69, 9.17) is 9.47 Å². The third kappa shape index (κ3) is 7.32. The van der Waals surface area contributed by atoms with Crippen molar-refractivity contribution in [2.45, 2.75) is 91.1 Å². The largest absolute Gasteiger partial charge is 0.463 e. The van der Waals surface area contributed by atoms with Crippen LogP contribution in [0.4, 0.5) is 0 Å². The van der Waals surface area contributed by atoms with Gasteiger partial charge in [0.25, 0.3) is 0 Å². The number of hydrogen-bond donors (Lipinski definition) is 0. The lowest BCUT2D eigenvalue weighted by molar-refractivity contribution is -0.148. The summed E-state index contributed by atoms with van der Waals surface area (Å²) in [4.78, 5) is 29.7. The average Bonchev–Trinajstić information content (AvgIpc) is 2.67. The predicted molar refractivity (Wildman–Crippen MR) is 126 cm³/mol. The van der Waals surface area contributed by atoms with Crippen LogP contribution in [-0.4, -0.2) is 71.2 Å². The second kappa shape index (κ2) is 12.2. The van der Waals surface area contributed by atoms with E-state index < -0.39 is 11.6 Å². The normalized spacial score (nSPS) is 22.5. The second-order valence-electron chi connectivity index (χ2n) is 9.09. The Kier molecular flexibility index (Phi) is 10.7. The minimum atomic E-state index is -0.437. The summed E-state index contributed by atoms with van der Waals surface area (Å²) in [6.07, 6.45) is 6.37. The molecule has 0 aromatic carbocycles. The summed E-state index contributed by atoms with van der Waals surface area (Å²) in [5, 5.41) is 0. The summed E-state index contributed by atoms with van der Waals surface area (Å²) in [5.74, 6) is -0.351. The summed E-state index contributed by atoms with van der Waals surface area (Å²) >= 11 is 0. The molecule has 0 N–H and O–H groups in total. The molecule has 0 saturated heterocycles. The summed E-state index contributed by atoms with van der Waals surface area (Å²) in [7, 11) is 0. The van der Waals surface area contributed by atoms with E-state index in [0.29, 0.717) is 31.7 Å². The molecular weight excluding hydrogens is 392 g/mol. The highest BCUT2D eigenvalue weighted by atomic mass is 16.5. The van der Waals surface area contributed by atoms with Crippen LogP contribution in [0.15, 0.2) is 37.0 Å². The van der Waals surface area contributed by atoms with Gasteiger partial charge in [0.2, 0.25) is 5.91 Å². The first-order valence-electron chi connectivity index (χ1n) is 11.3. The minimum absolute atomic E-state index is 0.0213. The van der Waals surface area contributed by atoms with Crippen LogP contribution in [0.25, 0.3) is 0 Å². The van der Waals surface area contributed by atoms with Crippen LogP contribution in [-0.2, 0) is 19.1 Å². The first-order chi connectivity index (χ1) is 14.5. The minimum Gasteiger partial charge on any atom is -0.463 e. The molecular formula is C25H42N2O4. The highest BCUT2D eigenvalue weighted by molar-refractivity contribution is 5.89. The lowest BCUT2D eigenvalue weighted by Crippen LogP contribution is -2.65. The van der Waals surface area contributed by atoms with Gasteiger partial charge in [-0.1, -0.05) is 19.1 Å². The molecule has 0 bridgehead atoms. The van der Waals surface area contributed by atoms with Crippen LogP contribution in [0.3, 0.4) is 0 Å². The maximum atomic E-state index is 12.9. The van der Waals surface area contributed by atoms with Crippen molar-refractivity contribution in [2.24, 2.45) is 0 Å². The highest BCUT2D eigenvalue weighted by Crippen LogP contribution is 2.34. The number of ether oxygens (including phenoxy) is 2. The van der Waals surface area contributed by atoms with Gasteiger partial charge < -0.3 is 14.4 Å². The maximum Gasteiger partial charge on any atom is 0.333 e. The molecule has 0 radical (unpaired) electrons. The first-order valence-corrected chi connectivity index (χ1v) is 11.3. The van der Waals surface area contributed by atoms with E-state index in [-0.39, 0.29) is 30.1 Å². The molecule has 1 amide bonds. The molecule has 1 aliphatic rings. The van der Waals surface area contributed by atoms with E-state index in [1.54, 1.807) is 13.8 Å². The Labute approximate surface area is 188 Å². The second-order valence-corrected chi connectivity index (χ2v) is 9.09. The van der Waals surface area contributed by atoms with Gasteiger partial charge in [-0.3, -0.25) is 9.69 Å². The van der Waals surface area contributed by atoms with Gasteiger partial charge in [0, 0.05) is 37.2 Å². The topological polar surface area (TPSA) is 59.1 Å². The number of carbonyl (C=O) groups is 2. The van der Waals surface area contributed by atoms with Gasteiger partial charge >= 0.3 is 5.97 Å². The van der Waals surface area contributed by atoms with Crippen molar-refractivity contribution in [2.75, 3.05) is 19.7 Å². The Balaban J connectivity index is 3.66. The lowest BCUT2D eigenvalue weighted by atomic mass is 9.83. The lowest BCUT2D eigenvalue weighted by Gasteiger charge is -2.51. The molecule has 6 heteroatoms. The molecule has 31 heavy (non-hydrogen) atoms. The molecule has 0 aliphatic heterocycles. The molecule has 1 rings (SSSR count). The van der Waals surface area contributed by atoms with Gasteiger partial charge in [-0.2, -0.15) is 0 Å². The maximum absolute atomic E-state index is 12.9. The van der Waals surface area contributed by atoms with Gasteiger partial charge in [0.1, 0.15) is 0 Å². The standard InChI is InChI=1S/C25H42N2O4/c1-10-14-26(15-11-2)21-16-20(24(29)30-13-4)17-22(31-18(5)12-3)23(21)27(19(6)28)25(7,8)9/h10-11,17-18,21-23H,1-2,12-16H2,3-9H3/t18?,21-,22+,23+/m0/s1. The van der Waals surface area contributed by atoms with Gasteiger partial charge in [-0.15, -0.1) is 13.2 Å². The van der Waals surface area contributed by atoms with Crippen molar-refractivity contribution >= 4 is 11.9 Å². The SMILES string of the molecule is C=CCN(CC=C)[C@H]1CC(C(=O)OCC)=C[C@@H](OC(C)CC)[C@@H]1N(C(C)=O)C(C)(C)C. The van der Waals surface area contributed by atoms with Crippen molar-refractivity contribution in [3.8, 4) is 0 Å². The Bertz CT molecular complexity index is 655. The van der Waals surface area contributed by atoms with E-state index in [2.05, 4.69) is 25.0 Å². The molecule has 0 spiro atoms. The first kappa shape index (κ1) is 27.1. The fourth-order valence-electron chi connectivity index (χ4n) is 4.26. The fraction of sp³-hybridized carbons (Fsp3) is 0.680. The van der Waals surface area contributed by atoms with Crippen molar-refractivity contribution in [1.82, 2.24) is 9.80 Å². The van der Waals surface area contributed by atoms with Crippen LogP contribution >= 0.6 is 0 Å². The molecule has 4 atom stereocenters. The highest BCUT2D eigenvalue weighted by Gasteiger charge is 2.46. The average molecular weight is 435 g/mol. The van der Waals surface area contributed by atoms with Crippen molar-refractivity contribution in [1.29, 1.82) is 0 Å². The number of rotatable bonds is 11. The van der Waals surface area contributed by atoms with E-state index in [0.717, 1.165) is 6.42 Å². The van der Waals surface area contributed by atoms with Gasteiger partial charge in [-0.25, -0.2) is 4.79 Å².